The molecule has 0 bridgehead atoms. The Morgan fingerprint density at radius 2 is 2.08 bits per heavy atom. The molecule has 1 aromatic carbocycles. The Bertz CT molecular complexity index is 809. The summed E-state index contributed by atoms with van der Waals surface area (Å²) in [4.78, 5) is 26.1. The van der Waals surface area contributed by atoms with Crippen LogP contribution < -0.4 is 4.74 Å². The smallest absolute Gasteiger partial charge is 0.409 e. The van der Waals surface area contributed by atoms with Crippen molar-refractivity contribution in [3.05, 3.63) is 64.2 Å². The number of nitro groups is 1. The van der Waals surface area contributed by atoms with Crippen LogP contribution in [0.15, 0.2) is 47.8 Å². The van der Waals surface area contributed by atoms with Gasteiger partial charge >= 0.3 is 6.09 Å². The number of nitro benzene ring substituents is 1. The van der Waals surface area contributed by atoms with Crippen molar-refractivity contribution in [1.29, 1.82) is 0 Å². The number of rotatable bonds is 3. The number of hydrazone groups is 1. The molecule has 1 aromatic heterocycles. The second-order valence-corrected chi connectivity index (χ2v) is 4.95. The summed E-state index contributed by atoms with van der Waals surface area (Å²) in [5.74, 6) is -0.369. The SMILES string of the molecule is O=C(Oc1ccc([N+](=O)[O-])cc1)N1N=CCC1c1cncc(F)c1. The van der Waals surface area contributed by atoms with Gasteiger partial charge in [0.2, 0.25) is 0 Å². The molecule has 0 aliphatic carbocycles. The zero-order valence-electron chi connectivity index (χ0n) is 12.2. The van der Waals surface area contributed by atoms with Crippen LogP contribution >= 0.6 is 0 Å². The summed E-state index contributed by atoms with van der Waals surface area (Å²) in [5, 5.41) is 15.6. The molecule has 0 saturated heterocycles. The van der Waals surface area contributed by atoms with Crippen molar-refractivity contribution < 1.29 is 18.8 Å². The maximum Gasteiger partial charge on any atom is 0.436 e. The molecule has 1 amide bonds. The first-order chi connectivity index (χ1) is 11.5. The van der Waals surface area contributed by atoms with Crippen molar-refractivity contribution in [2.45, 2.75) is 12.5 Å². The normalized spacial score (nSPS) is 16.2. The first-order valence-electron chi connectivity index (χ1n) is 6.93. The maximum atomic E-state index is 13.3. The molecule has 0 fully saturated rings. The highest BCUT2D eigenvalue weighted by atomic mass is 19.1. The molecule has 24 heavy (non-hydrogen) atoms. The number of non-ortho nitro benzene ring substituents is 1. The summed E-state index contributed by atoms with van der Waals surface area (Å²) in [5.41, 5.74) is 0.380. The highest BCUT2D eigenvalue weighted by Gasteiger charge is 2.30. The van der Waals surface area contributed by atoms with Crippen molar-refractivity contribution in [2.75, 3.05) is 0 Å². The molecule has 0 N–H and O–H groups in total. The van der Waals surface area contributed by atoms with E-state index >= 15 is 0 Å². The Kier molecular flexibility index (Phi) is 4.15. The van der Waals surface area contributed by atoms with Crippen molar-refractivity contribution in [3.63, 3.8) is 0 Å². The molecule has 1 unspecified atom stereocenters. The summed E-state index contributed by atoms with van der Waals surface area (Å²) in [6.07, 6.45) is 3.67. The fourth-order valence-electron chi connectivity index (χ4n) is 2.26. The lowest BCUT2D eigenvalue weighted by molar-refractivity contribution is -0.384. The lowest BCUT2D eigenvalue weighted by Crippen LogP contribution is -2.30. The third kappa shape index (κ3) is 3.19. The number of carbonyl (C=O) groups is 1. The van der Waals surface area contributed by atoms with E-state index in [9.17, 15) is 19.3 Å². The third-order valence-electron chi connectivity index (χ3n) is 3.38. The van der Waals surface area contributed by atoms with Crippen LogP contribution in [0.5, 0.6) is 5.75 Å². The van der Waals surface area contributed by atoms with E-state index in [2.05, 4.69) is 10.1 Å². The Hall–Kier alpha value is -3.36. The average molecular weight is 330 g/mol. The van der Waals surface area contributed by atoms with Gasteiger partial charge in [-0.2, -0.15) is 10.1 Å². The van der Waals surface area contributed by atoms with Crippen LogP contribution in [0.4, 0.5) is 14.9 Å². The summed E-state index contributed by atoms with van der Waals surface area (Å²) >= 11 is 0. The first-order valence-corrected chi connectivity index (χ1v) is 6.93. The van der Waals surface area contributed by atoms with Gasteiger partial charge in [0.05, 0.1) is 17.2 Å². The number of aromatic nitrogens is 1. The molecule has 122 valence electrons. The van der Waals surface area contributed by atoms with E-state index in [-0.39, 0.29) is 11.4 Å². The number of halogens is 1. The zero-order chi connectivity index (χ0) is 17.1. The molecule has 0 spiro atoms. The summed E-state index contributed by atoms with van der Waals surface area (Å²) < 4.78 is 18.5. The van der Waals surface area contributed by atoms with Crippen molar-refractivity contribution in [1.82, 2.24) is 9.99 Å². The number of hydrogen-bond donors (Lipinski definition) is 0. The van der Waals surface area contributed by atoms with Gasteiger partial charge in [-0.1, -0.05) is 0 Å². The predicted molar refractivity (Wildman–Crippen MR) is 81.0 cm³/mol. The number of carbonyl (C=O) groups excluding carboxylic acids is 1. The second-order valence-electron chi connectivity index (χ2n) is 4.95. The summed E-state index contributed by atoms with van der Waals surface area (Å²) in [6, 6.07) is 5.84. The average Bonchev–Trinajstić information content (AvgIpc) is 3.05. The van der Waals surface area contributed by atoms with E-state index in [0.29, 0.717) is 12.0 Å². The topological polar surface area (TPSA) is 97.9 Å². The summed E-state index contributed by atoms with van der Waals surface area (Å²) in [6.45, 7) is 0. The van der Waals surface area contributed by atoms with E-state index in [4.69, 9.17) is 4.74 Å². The van der Waals surface area contributed by atoms with Crippen molar-refractivity contribution in [3.8, 4) is 5.75 Å². The molecular weight excluding hydrogens is 319 g/mol. The predicted octanol–water partition coefficient (Wildman–Crippen LogP) is 3.06. The fraction of sp³-hybridized carbons (Fsp3) is 0.133. The van der Waals surface area contributed by atoms with Crippen LogP contribution in [0.1, 0.15) is 18.0 Å². The van der Waals surface area contributed by atoms with Crippen LogP contribution in [-0.4, -0.2) is 27.2 Å². The van der Waals surface area contributed by atoms with Crippen molar-refractivity contribution in [2.24, 2.45) is 5.10 Å². The zero-order valence-corrected chi connectivity index (χ0v) is 12.2. The van der Waals surface area contributed by atoms with E-state index < -0.39 is 22.9 Å². The molecule has 8 nitrogen and oxygen atoms in total. The highest BCUT2D eigenvalue weighted by Crippen LogP contribution is 2.29. The Morgan fingerprint density at radius 1 is 1.33 bits per heavy atom. The molecular formula is C15H11FN4O4. The number of amides is 1. The van der Waals surface area contributed by atoms with E-state index in [1.54, 1.807) is 0 Å². The van der Waals surface area contributed by atoms with E-state index in [0.717, 1.165) is 11.2 Å². The maximum absolute atomic E-state index is 13.3. The lowest BCUT2D eigenvalue weighted by atomic mass is 10.1. The number of hydrogen-bond acceptors (Lipinski definition) is 6. The minimum absolute atomic E-state index is 0.113. The second kappa shape index (κ2) is 6.41. The van der Waals surface area contributed by atoms with Crippen molar-refractivity contribution >= 4 is 18.0 Å². The van der Waals surface area contributed by atoms with Gasteiger partial charge in [-0.3, -0.25) is 15.1 Å². The van der Waals surface area contributed by atoms with E-state index in [1.807, 2.05) is 0 Å². The molecule has 1 aliphatic heterocycles. The monoisotopic (exact) mass is 330 g/mol. The Morgan fingerprint density at radius 3 is 2.75 bits per heavy atom. The molecule has 2 heterocycles. The van der Waals surface area contributed by atoms with Crippen LogP contribution in [0.2, 0.25) is 0 Å². The quantitative estimate of drug-likeness (QED) is 0.636. The van der Waals surface area contributed by atoms with Crippen LogP contribution in [0, 0.1) is 15.9 Å². The lowest BCUT2D eigenvalue weighted by Gasteiger charge is -2.21. The largest absolute Gasteiger partial charge is 0.436 e. The number of benzene rings is 1. The minimum Gasteiger partial charge on any atom is -0.409 e. The van der Waals surface area contributed by atoms with Gasteiger partial charge in [0, 0.05) is 31.0 Å². The van der Waals surface area contributed by atoms with Gasteiger partial charge in [-0.25, -0.2) is 9.18 Å². The first kappa shape index (κ1) is 15.5. The van der Waals surface area contributed by atoms with E-state index in [1.165, 1.54) is 42.7 Å². The highest BCUT2D eigenvalue weighted by molar-refractivity contribution is 5.75. The van der Waals surface area contributed by atoms with Gasteiger partial charge in [-0.05, 0) is 23.8 Å². The molecule has 3 rings (SSSR count). The Labute approximate surface area is 135 Å². The van der Waals surface area contributed by atoms with Gasteiger partial charge in [0.15, 0.2) is 0 Å². The van der Waals surface area contributed by atoms with Crippen LogP contribution in [-0.2, 0) is 0 Å². The van der Waals surface area contributed by atoms with Crippen LogP contribution in [0.3, 0.4) is 0 Å². The van der Waals surface area contributed by atoms with Gasteiger partial charge in [-0.15, -0.1) is 0 Å². The number of ether oxygens (including phenoxy) is 1. The minimum atomic E-state index is -0.771. The molecule has 1 atom stereocenters. The molecule has 0 saturated carbocycles. The van der Waals surface area contributed by atoms with Gasteiger partial charge in [0.1, 0.15) is 11.6 Å². The molecule has 1 aliphatic rings. The van der Waals surface area contributed by atoms with Gasteiger partial charge < -0.3 is 4.74 Å². The Balaban J connectivity index is 1.74. The third-order valence-corrected chi connectivity index (χ3v) is 3.38. The summed E-state index contributed by atoms with van der Waals surface area (Å²) in [7, 11) is 0. The molecule has 2 aromatic rings. The number of pyridine rings is 1. The van der Waals surface area contributed by atoms with Gasteiger partial charge in [0.25, 0.3) is 5.69 Å². The standard InChI is InChI=1S/C15H11FN4O4/c16-11-7-10(8-17-9-11)14-5-6-18-19(14)15(21)24-13-3-1-12(2-4-13)20(22)23/h1-4,6-9,14H,5H2. The fourth-order valence-corrected chi connectivity index (χ4v) is 2.26. The molecule has 0 radical (unpaired) electrons. The molecule has 9 heteroatoms. The number of nitrogens with zero attached hydrogens (tertiary/aromatic N) is 4. The van der Waals surface area contributed by atoms with Crippen LogP contribution in [0.25, 0.3) is 0 Å².